The van der Waals surface area contributed by atoms with Crippen LogP contribution in [-0.2, 0) is 15.2 Å². The molecule has 3 aromatic rings. The van der Waals surface area contributed by atoms with E-state index in [2.05, 4.69) is 24.3 Å². The van der Waals surface area contributed by atoms with E-state index >= 15 is 0 Å². The minimum Gasteiger partial charge on any atom is -0.481 e. The summed E-state index contributed by atoms with van der Waals surface area (Å²) < 4.78 is 40.1. The van der Waals surface area contributed by atoms with Gasteiger partial charge in [0.15, 0.2) is 5.82 Å². The predicted octanol–water partition coefficient (Wildman–Crippen LogP) is 0.449. The van der Waals surface area contributed by atoms with E-state index in [0.29, 0.717) is 10.2 Å². The molecule has 13 nitrogen and oxygen atoms in total. The lowest BCUT2D eigenvalue weighted by molar-refractivity contribution is 0.0600. The molecule has 0 bridgehead atoms. The van der Waals surface area contributed by atoms with Crippen molar-refractivity contribution in [2.24, 2.45) is 4.47 Å². The summed E-state index contributed by atoms with van der Waals surface area (Å²) in [7, 11) is 1.34. The van der Waals surface area contributed by atoms with E-state index in [9.17, 15) is 18.0 Å². The molecule has 0 amide bonds. The molecule has 31 heavy (non-hydrogen) atoms. The first-order valence-corrected chi connectivity index (χ1v) is 9.44. The molecular formula is C17H18N6O7S. The van der Waals surface area contributed by atoms with Crippen molar-refractivity contribution in [1.82, 2.24) is 24.4 Å². The second-order valence-electron chi connectivity index (χ2n) is 5.46. The fourth-order valence-electron chi connectivity index (χ4n) is 2.14. The quantitative estimate of drug-likeness (QED) is 0.500. The lowest BCUT2D eigenvalue weighted by atomic mass is 10.2. The van der Waals surface area contributed by atoms with Crippen LogP contribution in [0.1, 0.15) is 16.2 Å². The molecule has 0 aliphatic carbocycles. The molecule has 2 aromatic heterocycles. The lowest BCUT2D eigenvalue weighted by Gasteiger charge is -2.04. The largest absolute Gasteiger partial charge is 0.481 e. The van der Waals surface area contributed by atoms with Crippen molar-refractivity contribution in [1.29, 1.82) is 0 Å². The van der Waals surface area contributed by atoms with Crippen molar-refractivity contribution in [3.8, 4) is 17.7 Å². The maximum atomic E-state index is 12.1. The molecule has 0 aliphatic heterocycles. The van der Waals surface area contributed by atoms with Crippen molar-refractivity contribution in [2.45, 2.75) is 6.92 Å². The lowest BCUT2D eigenvalue weighted by Crippen LogP contribution is -2.23. The number of carbonyl (C=O) groups is 1. The van der Waals surface area contributed by atoms with Crippen molar-refractivity contribution in [3.05, 3.63) is 58.3 Å². The van der Waals surface area contributed by atoms with Gasteiger partial charge < -0.3 is 14.2 Å². The Balaban J connectivity index is 0.000000285. The summed E-state index contributed by atoms with van der Waals surface area (Å²) in [5.41, 5.74) is -0.253. The van der Waals surface area contributed by atoms with Gasteiger partial charge in [0.2, 0.25) is 11.8 Å². The van der Waals surface area contributed by atoms with Crippen LogP contribution in [0.3, 0.4) is 0 Å². The summed E-state index contributed by atoms with van der Waals surface area (Å²) in [5, 5.41) is 3.85. The Hall–Kier alpha value is -4.07. The minimum atomic E-state index is -2.80. The zero-order valence-corrected chi connectivity index (χ0v) is 17.7. The molecule has 0 saturated carbocycles. The molecule has 2 heterocycles. The molecule has 14 heteroatoms. The number of esters is 1. The SMILES string of the molecule is COC(=O)c1ccccc1.COc1cc(OC)nc(-n2nc(C)n(N=S(=O)=O)c2=O)n1. The highest BCUT2D eigenvalue weighted by Crippen LogP contribution is 2.15. The fraction of sp³-hybridized carbons (Fsp3) is 0.235. The van der Waals surface area contributed by atoms with Gasteiger partial charge in [0.05, 0.1) is 33.0 Å². The van der Waals surface area contributed by atoms with Crippen LogP contribution in [-0.4, -0.2) is 60.1 Å². The monoisotopic (exact) mass is 450 g/mol. The highest BCUT2D eigenvalue weighted by molar-refractivity contribution is 7.61. The summed E-state index contributed by atoms with van der Waals surface area (Å²) in [6.07, 6.45) is 0. The Kier molecular flexibility index (Phi) is 7.96. The van der Waals surface area contributed by atoms with Gasteiger partial charge in [-0.15, -0.1) is 14.5 Å². The van der Waals surface area contributed by atoms with E-state index in [4.69, 9.17) is 9.47 Å². The van der Waals surface area contributed by atoms with E-state index in [0.717, 1.165) is 4.68 Å². The van der Waals surface area contributed by atoms with E-state index in [1.807, 2.05) is 6.07 Å². The summed E-state index contributed by atoms with van der Waals surface area (Å²) in [6, 6.07) is 10.3. The number of benzene rings is 1. The second-order valence-corrected chi connectivity index (χ2v) is 6.06. The summed E-state index contributed by atoms with van der Waals surface area (Å²) in [6.45, 7) is 1.41. The molecule has 0 N–H and O–H groups in total. The van der Waals surface area contributed by atoms with Gasteiger partial charge in [0.25, 0.3) is 5.95 Å². The van der Waals surface area contributed by atoms with Gasteiger partial charge >= 0.3 is 22.2 Å². The van der Waals surface area contributed by atoms with E-state index in [1.54, 1.807) is 24.3 Å². The maximum Gasteiger partial charge on any atom is 0.375 e. The first-order chi connectivity index (χ1) is 14.8. The number of methoxy groups -OCH3 is 3. The Morgan fingerprint density at radius 2 is 1.61 bits per heavy atom. The first kappa shape index (κ1) is 23.2. The molecule has 0 fully saturated rings. The molecule has 164 valence electrons. The average molecular weight is 450 g/mol. The Bertz CT molecular complexity index is 1220. The number of aryl methyl sites for hydroxylation is 1. The zero-order chi connectivity index (χ0) is 23.0. The second kappa shape index (κ2) is 10.6. The van der Waals surface area contributed by atoms with Crippen LogP contribution in [0.2, 0.25) is 0 Å². The van der Waals surface area contributed by atoms with Crippen molar-refractivity contribution in [2.75, 3.05) is 21.3 Å². The van der Waals surface area contributed by atoms with Crippen LogP contribution in [0.25, 0.3) is 5.95 Å². The van der Waals surface area contributed by atoms with Gasteiger partial charge in [-0.1, -0.05) is 18.2 Å². The third-order valence-electron chi connectivity index (χ3n) is 3.53. The van der Waals surface area contributed by atoms with E-state index in [-0.39, 0.29) is 29.5 Å². The Morgan fingerprint density at radius 3 is 2.10 bits per heavy atom. The molecule has 0 spiro atoms. The standard InChI is InChI=1S/C9H10N6O5S.C8H8O2/c1-5-12-15(9(16)14(5)13-21(17)18)8-10-6(19-2)4-7(11-8)20-3;1-10-8(9)7-5-3-2-4-6-7/h4H,1-3H3;2-6H,1H3. The van der Waals surface area contributed by atoms with Crippen LogP contribution < -0.4 is 15.2 Å². The number of hydrogen-bond donors (Lipinski definition) is 0. The number of rotatable bonds is 5. The average Bonchev–Trinajstić information content (AvgIpc) is 3.07. The van der Waals surface area contributed by atoms with Crippen LogP contribution in [0.5, 0.6) is 11.8 Å². The normalized spacial score (nSPS) is 9.81. The van der Waals surface area contributed by atoms with Crippen molar-refractivity contribution < 1.29 is 27.4 Å². The van der Waals surface area contributed by atoms with Crippen LogP contribution in [0.4, 0.5) is 0 Å². The van der Waals surface area contributed by atoms with Crippen molar-refractivity contribution >= 4 is 16.5 Å². The summed E-state index contributed by atoms with van der Waals surface area (Å²) in [4.78, 5) is 30.7. The van der Waals surface area contributed by atoms with Crippen LogP contribution >= 0.6 is 0 Å². The molecule has 0 aliphatic rings. The van der Waals surface area contributed by atoms with E-state index < -0.39 is 16.2 Å². The molecule has 1 aromatic carbocycles. The molecule has 0 atom stereocenters. The maximum absolute atomic E-state index is 12.1. The van der Waals surface area contributed by atoms with Gasteiger partial charge in [0, 0.05) is 0 Å². The fourth-order valence-corrected chi connectivity index (χ4v) is 2.46. The van der Waals surface area contributed by atoms with Gasteiger partial charge in [-0.25, -0.2) is 9.59 Å². The van der Waals surface area contributed by atoms with Crippen LogP contribution in [0.15, 0.2) is 45.7 Å². The number of nitrogens with zero attached hydrogens (tertiary/aromatic N) is 6. The Morgan fingerprint density at radius 1 is 1.03 bits per heavy atom. The third kappa shape index (κ3) is 5.96. The molecular weight excluding hydrogens is 432 g/mol. The smallest absolute Gasteiger partial charge is 0.375 e. The number of carbonyl (C=O) groups excluding carboxylic acids is 1. The highest BCUT2D eigenvalue weighted by atomic mass is 32.2. The summed E-state index contributed by atoms with van der Waals surface area (Å²) >= 11 is 0. The van der Waals surface area contributed by atoms with Crippen molar-refractivity contribution in [3.63, 3.8) is 0 Å². The van der Waals surface area contributed by atoms with Gasteiger partial charge in [-0.3, -0.25) is 0 Å². The topological polar surface area (TPSA) is 157 Å². The van der Waals surface area contributed by atoms with E-state index in [1.165, 1.54) is 34.3 Å². The first-order valence-electron chi connectivity index (χ1n) is 8.41. The minimum absolute atomic E-state index is 0.0505. The number of aromatic nitrogens is 5. The number of hydrogen-bond acceptors (Lipinski definition) is 11. The third-order valence-corrected chi connectivity index (χ3v) is 3.83. The van der Waals surface area contributed by atoms with Gasteiger partial charge in [-0.2, -0.15) is 18.4 Å². The predicted molar refractivity (Wildman–Crippen MR) is 106 cm³/mol. The molecule has 3 rings (SSSR count). The Labute approximate surface area is 177 Å². The highest BCUT2D eigenvalue weighted by Gasteiger charge is 2.16. The molecule has 0 unspecified atom stereocenters. The van der Waals surface area contributed by atoms with Crippen LogP contribution in [0, 0.1) is 6.92 Å². The van der Waals surface area contributed by atoms with Gasteiger partial charge in [-0.05, 0) is 23.5 Å². The zero-order valence-electron chi connectivity index (χ0n) is 16.9. The summed E-state index contributed by atoms with van der Waals surface area (Å²) in [5.74, 6) is -0.0688. The molecule has 0 saturated heterocycles. The van der Waals surface area contributed by atoms with Gasteiger partial charge in [0.1, 0.15) is 0 Å². The molecule has 0 radical (unpaired) electrons. The number of ether oxygens (including phenoxy) is 3.